The van der Waals surface area contributed by atoms with Crippen molar-refractivity contribution >= 4 is 23.5 Å². The Balaban J connectivity index is 1.59. The summed E-state index contributed by atoms with van der Waals surface area (Å²) < 4.78 is 6.63. The van der Waals surface area contributed by atoms with Crippen LogP contribution in [0.1, 0.15) is 31.3 Å². The first kappa shape index (κ1) is 19.5. The number of benzene rings is 1. The van der Waals surface area contributed by atoms with Crippen molar-refractivity contribution in [3.8, 4) is 17.1 Å². The zero-order valence-corrected chi connectivity index (χ0v) is 15.7. The summed E-state index contributed by atoms with van der Waals surface area (Å²) in [6, 6.07) is 9.14. The molecule has 31 heavy (non-hydrogen) atoms. The third-order valence-corrected chi connectivity index (χ3v) is 4.24. The molecule has 4 N–H and O–H groups in total. The zero-order chi connectivity index (χ0) is 22.0. The van der Waals surface area contributed by atoms with Crippen molar-refractivity contribution in [3.05, 3.63) is 78.2 Å². The monoisotopic (exact) mass is 418 g/mol. The van der Waals surface area contributed by atoms with Crippen LogP contribution in [0.5, 0.6) is 0 Å². The second-order valence-corrected chi connectivity index (χ2v) is 6.28. The highest BCUT2D eigenvalue weighted by molar-refractivity contribution is 6.07. The molecule has 0 atom stereocenters. The average Bonchev–Trinajstić information content (AvgIpc) is 3.42. The van der Waals surface area contributed by atoms with Crippen LogP contribution in [0.4, 0.5) is 5.69 Å². The fraction of sp³-hybridized carbons (Fsp3) is 0. The molecular formula is C20H14N6O5. The van der Waals surface area contributed by atoms with Crippen LogP contribution in [-0.2, 0) is 0 Å². The summed E-state index contributed by atoms with van der Waals surface area (Å²) in [7, 11) is 0. The number of primary amides is 1. The SMILES string of the molecule is NC(=O)c1nn(-c2ccc(C(=O)O)cc2)cc1NC(=O)c1coc(-c2ccncc2)n1. The number of rotatable bonds is 6. The summed E-state index contributed by atoms with van der Waals surface area (Å²) in [5.41, 5.74) is 6.46. The molecule has 0 spiro atoms. The van der Waals surface area contributed by atoms with Crippen molar-refractivity contribution in [1.29, 1.82) is 0 Å². The number of aromatic carboxylic acids is 1. The first-order valence-corrected chi connectivity index (χ1v) is 8.83. The quantitative estimate of drug-likeness (QED) is 0.427. The lowest BCUT2D eigenvalue weighted by molar-refractivity contribution is 0.0696. The van der Waals surface area contributed by atoms with E-state index in [9.17, 15) is 14.4 Å². The molecule has 0 saturated carbocycles. The fourth-order valence-corrected chi connectivity index (χ4v) is 2.73. The maximum absolute atomic E-state index is 12.6. The van der Waals surface area contributed by atoms with Gasteiger partial charge in [0.05, 0.1) is 23.1 Å². The van der Waals surface area contributed by atoms with E-state index < -0.39 is 17.8 Å². The highest BCUT2D eigenvalue weighted by Gasteiger charge is 2.20. The normalized spacial score (nSPS) is 10.6. The second-order valence-electron chi connectivity index (χ2n) is 6.28. The van der Waals surface area contributed by atoms with Crippen molar-refractivity contribution in [2.24, 2.45) is 5.73 Å². The molecule has 0 aliphatic carbocycles. The molecule has 3 aromatic heterocycles. The van der Waals surface area contributed by atoms with Crippen molar-refractivity contribution < 1.29 is 23.9 Å². The molecule has 2 amide bonds. The van der Waals surface area contributed by atoms with Gasteiger partial charge in [0.2, 0.25) is 5.89 Å². The number of nitrogens with one attached hydrogen (secondary N) is 1. The van der Waals surface area contributed by atoms with Gasteiger partial charge in [-0.3, -0.25) is 14.6 Å². The van der Waals surface area contributed by atoms with E-state index in [0.29, 0.717) is 11.3 Å². The first-order valence-electron chi connectivity index (χ1n) is 8.83. The number of amides is 2. The average molecular weight is 418 g/mol. The smallest absolute Gasteiger partial charge is 0.335 e. The molecule has 3 heterocycles. The predicted octanol–water partition coefficient (Wildman–Crippen LogP) is 1.97. The number of carboxylic acids is 1. The number of hydrogen-bond donors (Lipinski definition) is 3. The summed E-state index contributed by atoms with van der Waals surface area (Å²) in [5.74, 6) is -2.32. The maximum atomic E-state index is 12.6. The Labute approximate surface area is 174 Å². The zero-order valence-electron chi connectivity index (χ0n) is 15.7. The summed E-state index contributed by atoms with van der Waals surface area (Å²) in [6.07, 6.45) is 5.70. The van der Waals surface area contributed by atoms with Gasteiger partial charge >= 0.3 is 5.97 Å². The number of pyridine rings is 1. The second kappa shape index (κ2) is 7.91. The van der Waals surface area contributed by atoms with E-state index in [0.717, 1.165) is 0 Å². The van der Waals surface area contributed by atoms with Crippen LogP contribution in [0.25, 0.3) is 17.1 Å². The lowest BCUT2D eigenvalue weighted by atomic mass is 10.2. The van der Waals surface area contributed by atoms with E-state index >= 15 is 0 Å². The van der Waals surface area contributed by atoms with Gasteiger partial charge < -0.3 is 20.6 Å². The summed E-state index contributed by atoms with van der Waals surface area (Å²) in [4.78, 5) is 43.4. The number of carbonyl (C=O) groups excluding carboxylic acids is 2. The number of nitrogens with zero attached hydrogens (tertiary/aromatic N) is 4. The lowest BCUT2D eigenvalue weighted by Crippen LogP contribution is -2.18. The van der Waals surface area contributed by atoms with Gasteiger partial charge in [-0.1, -0.05) is 0 Å². The fourth-order valence-electron chi connectivity index (χ4n) is 2.73. The number of oxazole rings is 1. The predicted molar refractivity (Wildman–Crippen MR) is 107 cm³/mol. The Kier molecular flexibility index (Phi) is 4.98. The van der Waals surface area contributed by atoms with E-state index in [1.54, 1.807) is 24.5 Å². The largest absolute Gasteiger partial charge is 0.478 e. The third kappa shape index (κ3) is 4.00. The Bertz CT molecular complexity index is 1280. The number of aromatic nitrogens is 4. The Morgan fingerprint density at radius 1 is 1.06 bits per heavy atom. The number of hydrogen-bond acceptors (Lipinski definition) is 7. The van der Waals surface area contributed by atoms with Gasteiger partial charge in [-0.25, -0.2) is 14.5 Å². The minimum Gasteiger partial charge on any atom is -0.478 e. The Hall–Kier alpha value is -4.80. The van der Waals surface area contributed by atoms with Gasteiger partial charge in [0, 0.05) is 18.0 Å². The van der Waals surface area contributed by atoms with E-state index in [4.69, 9.17) is 15.3 Å². The minimum atomic E-state index is -1.07. The highest BCUT2D eigenvalue weighted by Crippen LogP contribution is 2.21. The van der Waals surface area contributed by atoms with Crippen LogP contribution in [0.3, 0.4) is 0 Å². The Morgan fingerprint density at radius 2 is 1.77 bits per heavy atom. The molecule has 4 rings (SSSR count). The molecule has 154 valence electrons. The van der Waals surface area contributed by atoms with Gasteiger partial charge in [0.15, 0.2) is 11.4 Å². The van der Waals surface area contributed by atoms with Gasteiger partial charge in [0.1, 0.15) is 6.26 Å². The summed E-state index contributed by atoms with van der Waals surface area (Å²) >= 11 is 0. The van der Waals surface area contributed by atoms with Gasteiger partial charge in [-0.05, 0) is 36.4 Å². The maximum Gasteiger partial charge on any atom is 0.335 e. The van der Waals surface area contributed by atoms with Gasteiger partial charge in [0.25, 0.3) is 11.8 Å². The molecular weight excluding hydrogens is 404 g/mol. The summed E-state index contributed by atoms with van der Waals surface area (Å²) in [5, 5.41) is 15.6. The molecule has 0 saturated heterocycles. The number of carboxylic acid groups (broad SMARTS) is 1. The van der Waals surface area contributed by atoms with E-state index in [1.165, 1.54) is 41.4 Å². The van der Waals surface area contributed by atoms with E-state index in [2.05, 4.69) is 20.4 Å². The van der Waals surface area contributed by atoms with E-state index in [1.807, 2.05) is 0 Å². The standard InChI is InChI=1S/C20H14N6O5/c21-17(27)16-14(9-26(25-16)13-3-1-12(2-4-13)20(29)30)23-18(28)15-10-31-19(24-15)11-5-7-22-8-6-11/h1-10H,(H2,21,27)(H,23,28)(H,29,30). The number of carbonyl (C=O) groups is 3. The molecule has 0 aliphatic heterocycles. The topological polar surface area (TPSA) is 166 Å². The molecule has 0 aliphatic rings. The van der Waals surface area contributed by atoms with Gasteiger partial charge in [-0.2, -0.15) is 5.10 Å². The van der Waals surface area contributed by atoms with Crippen LogP contribution in [0.2, 0.25) is 0 Å². The molecule has 0 fully saturated rings. The number of nitrogens with two attached hydrogens (primary N) is 1. The minimum absolute atomic E-state index is 0.0132. The molecule has 0 radical (unpaired) electrons. The van der Waals surface area contributed by atoms with Crippen LogP contribution >= 0.6 is 0 Å². The van der Waals surface area contributed by atoms with Crippen LogP contribution in [-0.4, -0.2) is 42.6 Å². The van der Waals surface area contributed by atoms with Gasteiger partial charge in [-0.15, -0.1) is 0 Å². The Morgan fingerprint density at radius 3 is 2.42 bits per heavy atom. The van der Waals surface area contributed by atoms with Crippen LogP contribution < -0.4 is 11.1 Å². The van der Waals surface area contributed by atoms with Crippen LogP contribution in [0, 0.1) is 0 Å². The lowest BCUT2D eigenvalue weighted by Gasteiger charge is -2.01. The van der Waals surface area contributed by atoms with Crippen molar-refractivity contribution in [1.82, 2.24) is 19.7 Å². The molecule has 0 bridgehead atoms. The van der Waals surface area contributed by atoms with Crippen molar-refractivity contribution in [3.63, 3.8) is 0 Å². The molecule has 4 aromatic rings. The molecule has 11 heteroatoms. The summed E-state index contributed by atoms with van der Waals surface area (Å²) in [6.45, 7) is 0. The van der Waals surface area contributed by atoms with Crippen LogP contribution in [0.15, 0.2) is 65.7 Å². The first-order chi connectivity index (χ1) is 14.9. The molecule has 0 unspecified atom stereocenters. The molecule has 1 aromatic carbocycles. The van der Waals surface area contributed by atoms with Crippen molar-refractivity contribution in [2.75, 3.05) is 5.32 Å². The third-order valence-electron chi connectivity index (χ3n) is 4.24. The van der Waals surface area contributed by atoms with Crippen molar-refractivity contribution in [2.45, 2.75) is 0 Å². The highest BCUT2D eigenvalue weighted by atomic mass is 16.4. The number of anilines is 1. The van der Waals surface area contributed by atoms with E-state index in [-0.39, 0.29) is 28.5 Å². The molecule has 11 nitrogen and oxygen atoms in total.